The Balaban J connectivity index is 1.83. The van der Waals surface area contributed by atoms with Crippen molar-refractivity contribution in [1.82, 2.24) is 14.6 Å². The molecule has 2 aromatic heterocycles. The van der Waals surface area contributed by atoms with Crippen LogP contribution in [0.5, 0.6) is 11.6 Å². The van der Waals surface area contributed by atoms with Crippen molar-refractivity contribution in [3.05, 3.63) is 40.5 Å². The van der Waals surface area contributed by atoms with E-state index in [2.05, 4.69) is 36.1 Å². The summed E-state index contributed by atoms with van der Waals surface area (Å²) in [5.74, 6) is 3.03. The lowest BCUT2D eigenvalue weighted by atomic mass is 9.89. The van der Waals surface area contributed by atoms with Gasteiger partial charge in [-0.3, -0.25) is 0 Å². The fraction of sp³-hybridized carbons (Fsp3) is 0.500. The van der Waals surface area contributed by atoms with Gasteiger partial charge in [-0.05, 0) is 25.5 Å². The van der Waals surface area contributed by atoms with Crippen LogP contribution >= 0.6 is 11.3 Å². The molecule has 0 radical (unpaired) electrons. The Hall–Kier alpha value is -2.12. The first-order valence-corrected chi connectivity index (χ1v) is 10.3. The van der Waals surface area contributed by atoms with E-state index >= 15 is 0 Å². The molecule has 1 aliphatic rings. The molecule has 0 spiro atoms. The van der Waals surface area contributed by atoms with Crippen molar-refractivity contribution in [2.75, 3.05) is 20.2 Å². The fourth-order valence-electron chi connectivity index (χ4n) is 4.50. The van der Waals surface area contributed by atoms with Gasteiger partial charge in [-0.1, -0.05) is 37.3 Å². The van der Waals surface area contributed by atoms with E-state index in [1.807, 2.05) is 19.1 Å². The van der Waals surface area contributed by atoms with E-state index in [0.717, 1.165) is 34.2 Å². The van der Waals surface area contributed by atoms with Gasteiger partial charge in [0.15, 0.2) is 6.04 Å². The zero-order valence-corrected chi connectivity index (χ0v) is 17.1. The third kappa shape index (κ3) is 3.41. The van der Waals surface area contributed by atoms with Gasteiger partial charge in [0.25, 0.3) is 0 Å². The van der Waals surface area contributed by atoms with E-state index in [0.29, 0.717) is 17.7 Å². The number of methoxy groups -OCH3 is 1. The number of nitrogens with zero attached hydrogens (tertiary/aromatic N) is 3. The van der Waals surface area contributed by atoms with Crippen molar-refractivity contribution >= 4 is 16.3 Å². The lowest BCUT2D eigenvalue weighted by molar-refractivity contribution is -0.936. The first kappa shape index (κ1) is 18.3. The molecule has 1 fully saturated rings. The summed E-state index contributed by atoms with van der Waals surface area (Å²) < 4.78 is 7.03. The molecule has 7 heteroatoms. The molecule has 0 bridgehead atoms. The second kappa shape index (κ2) is 7.13. The first-order valence-electron chi connectivity index (χ1n) is 9.49. The van der Waals surface area contributed by atoms with Crippen molar-refractivity contribution in [2.45, 2.75) is 33.2 Å². The number of benzene rings is 1. The number of hydrogen-bond acceptors (Lipinski definition) is 5. The molecular formula is C20H27N4O2S+. The van der Waals surface area contributed by atoms with E-state index in [9.17, 15) is 5.11 Å². The van der Waals surface area contributed by atoms with Crippen molar-refractivity contribution in [2.24, 2.45) is 11.8 Å². The smallest absolute Gasteiger partial charge is 0.235 e. The zero-order valence-electron chi connectivity index (χ0n) is 16.3. The summed E-state index contributed by atoms with van der Waals surface area (Å²) in [6.07, 6.45) is 1.26. The molecule has 144 valence electrons. The summed E-state index contributed by atoms with van der Waals surface area (Å²) in [6, 6.07) is 8.24. The SMILES string of the molecule is COc1cccc([C@@H](c2sc3nc(C)nn3c2O)[NH+]2C[C@H](C)C[C@H](C)C2)c1. The molecule has 1 saturated heterocycles. The number of piperidine rings is 1. The number of likely N-dealkylation sites (tertiary alicyclic amines) is 1. The van der Waals surface area contributed by atoms with Crippen LogP contribution < -0.4 is 9.64 Å². The molecule has 6 nitrogen and oxygen atoms in total. The van der Waals surface area contributed by atoms with E-state index < -0.39 is 0 Å². The number of thiazole rings is 1. The number of rotatable bonds is 4. The van der Waals surface area contributed by atoms with Crippen molar-refractivity contribution in [3.63, 3.8) is 0 Å². The van der Waals surface area contributed by atoms with E-state index in [1.54, 1.807) is 11.6 Å². The molecule has 3 aromatic rings. The molecule has 4 atom stereocenters. The van der Waals surface area contributed by atoms with Crippen molar-refractivity contribution in [1.29, 1.82) is 0 Å². The zero-order chi connectivity index (χ0) is 19.1. The number of aromatic nitrogens is 3. The predicted octanol–water partition coefficient (Wildman–Crippen LogP) is 2.46. The van der Waals surface area contributed by atoms with Gasteiger partial charge >= 0.3 is 0 Å². The summed E-state index contributed by atoms with van der Waals surface area (Å²) in [6.45, 7) is 8.66. The van der Waals surface area contributed by atoms with Gasteiger partial charge in [0.1, 0.15) is 16.5 Å². The van der Waals surface area contributed by atoms with Crippen LogP contribution in [0.4, 0.5) is 0 Å². The second-order valence-electron chi connectivity index (χ2n) is 7.87. The lowest BCUT2D eigenvalue weighted by Crippen LogP contribution is -3.14. The minimum absolute atomic E-state index is 0.0408. The molecular weight excluding hydrogens is 360 g/mol. The second-order valence-corrected chi connectivity index (χ2v) is 8.87. The quantitative estimate of drug-likeness (QED) is 0.722. The number of hydrogen-bond donors (Lipinski definition) is 2. The van der Waals surface area contributed by atoms with Gasteiger partial charge in [0.05, 0.1) is 20.2 Å². The van der Waals surface area contributed by atoms with Gasteiger partial charge in [-0.25, -0.2) is 4.98 Å². The van der Waals surface area contributed by atoms with Crippen LogP contribution in [0.3, 0.4) is 0 Å². The first-order chi connectivity index (χ1) is 13.0. The summed E-state index contributed by atoms with van der Waals surface area (Å²) in [5, 5.41) is 15.3. The topological polar surface area (TPSA) is 64.1 Å². The van der Waals surface area contributed by atoms with Crippen LogP contribution in [-0.2, 0) is 0 Å². The number of fused-ring (bicyclic) bond motifs is 1. The average Bonchev–Trinajstić information content (AvgIpc) is 3.12. The Morgan fingerprint density at radius 2 is 2.04 bits per heavy atom. The predicted molar refractivity (Wildman–Crippen MR) is 106 cm³/mol. The number of quaternary nitrogens is 1. The van der Waals surface area contributed by atoms with E-state index in [4.69, 9.17) is 4.74 Å². The van der Waals surface area contributed by atoms with Gasteiger partial charge in [0.2, 0.25) is 10.8 Å². The standard InChI is InChI=1S/C20H26N4O2S/c1-12-8-13(2)11-23(10-12)17(15-6-5-7-16(9-15)26-4)18-19(25)24-20(27-18)21-14(3)22-24/h5-7,9,12-13,17,25H,8,10-11H2,1-4H3/p+1/t12-,13+,17-/m0/s1. The van der Waals surface area contributed by atoms with Crippen LogP contribution in [0, 0.1) is 18.8 Å². The van der Waals surface area contributed by atoms with Crippen LogP contribution in [0.2, 0.25) is 0 Å². The highest BCUT2D eigenvalue weighted by atomic mass is 32.1. The number of ether oxygens (including phenoxy) is 1. The lowest BCUT2D eigenvalue weighted by Gasteiger charge is -2.37. The number of nitrogens with one attached hydrogen (secondary N) is 1. The molecule has 0 aliphatic carbocycles. The largest absolute Gasteiger partial charge is 0.497 e. The van der Waals surface area contributed by atoms with Gasteiger partial charge in [0, 0.05) is 17.4 Å². The van der Waals surface area contributed by atoms with Gasteiger partial charge < -0.3 is 14.7 Å². The van der Waals surface area contributed by atoms with Crippen molar-refractivity contribution in [3.8, 4) is 11.6 Å². The van der Waals surface area contributed by atoms with Crippen LogP contribution in [0.15, 0.2) is 24.3 Å². The third-order valence-corrected chi connectivity index (χ3v) is 6.51. The number of aryl methyl sites for hydroxylation is 1. The minimum Gasteiger partial charge on any atom is -0.497 e. The molecule has 4 rings (SSSR count). The van der Waals surface area contributed by atoms with Gasteiger partial charge in [-0.15, -0.1) is 5.10 Å². The van der Waals surface area contributed by atoms with Gasteiger partial charge in [-0.2, -0.15) is 4.52 Å². The highest BCUT2D eigenvalue weighted by Gasteiger charge is 2.37. The van der Waals surface area contributed by atoms with E-state index in [1.165, 1.54) is 22.7 Å². The fourth-order valence-corrected chi connectivity index (χ4v) is 5.68. The maximum absolute atomic E-state index is 10.9. The summed E-state index contributed by atoms with van der Waals surface area (Å²) in [7, 11) is 1.69. The maximum Gasteiger partial charge on any atom is 0.235 e. The summed E-state index contributed by atoms with van der Waals surface area (Å²) in [5.41, 5.74) is 1.15. The van der Waals surface area contributed by atoms with E-state index in [-0.39, 0.29) is 11.9 Å². The Kier molecular flexibility index (Phi) is 4.82. The summed E-state index contributed by atoms with van der Waals surface area (Å²) in [4.78, 5) is 7.60. The maximum atomic E-state index is 10.9. The Bertz CT molecular complexity index is 941. The monoisotopic (exact) mass is 387 g/mol. The minimum atomic E-state index is 0.0408. The highest BCUT2D eigenvalue weighted by Crippen LogP contribution is 2.36. The van der Waals surface area contributed by atoms with Crippen LogP contribution in [-0.4, -0.2) is 39.9 Å². The molecule has 2 N–H and O–H groups in total. The molecule has 3 heterocycles. The average molecular weight is 388 g/mol. The summed E-state index contributed by atoms with van der Waals surface area (Å²) >= 11 is 1.53. The molecule has 1 aliphatic heterocycles. The molecule has 0 amide bonds. The third-order valence-electron chi connectivity index (χ3n) is 5.43. The Morgan fingerprint density at radius 3 is 2.70 bits per heavy atom. The van der Waals surface area contributed by atoms with Crippen molar-refractivity contribution < 1.29 is 14.7 Å². The highest BCUT2D eigenvalue weighted by molar-refractivity contribution is 7.17. The Morgan fingerprint density at radius 1 is 1.30 bits per heavy atom. The molecule has 27 heavy (non-hydrogen) atoms. The molecule has 1 unspecified atom stereocenters. The normalized spacial score (nSPS) is 24.2. The molecule has 0 saturated carbocycles. The Labute approximate surface area is 163 Å². The van der Waals surface area contributed by atoms with Crippen LogP contribution in [0.1, 0.15) is 42.6 Å². The number of aromatic hydroxyl groups is 1. The van der Waals surface area contributed by atoms with Crippen LogP contribution in [0.25, 0.3) is 4.96 Å². The molecule has 1 aromatic carbocycles.